The summed E-state index contributed by atoms with van der Waals surface area (Å²) >= 11 is 0. The standard InChI is InChI=1S/C14H22N2O3/c1-10(2)9-19-7-6-16-14(17)12-8-11(18-3)4-5-13(12)15/h4-5,8,10H,6-7,9,15H2,1-3H3,(H,16,17). The summed E-state index contributed by atoms with van der Waals surface area (Å²) in [4.78, 5) is 11.9. The second-order valence-corrected chi connectivity index (χ2v) is 4.68. The normalized spacial score (nSPS) is 10.5. The molecule has 0 atom stereocenters. The second-order valence-electron chi connectivity index (χ2n) is 4.68. The molecule has 0 saturated heterocycles. The molecule has 0 aliphatic rings. The average molecular weight is 266 g/mol. The molecular formula is C14H22N2O3. The van der Waals surface area contributed by atoms with E-state index in [9.17, 15) is 4.79 Å². The molecule has 0 fully saturated rings. The zero-order valence-corrected chi connectivity index (χ0v) is 11.7. The molecule has 1 aromatic rings. The molecule has 0 aliphatic carbocycles. The topological polar surface area (TPSA) is 73.6 Å². The number of anilines is 1. The summed E-state index contributed by atoms with van der Waals surface area (Å²) in [6.45, 7) is 5.80. The minimum absolute atomic E-state index is 0.218. The van der Waals surface area contributed by atoms with E-state index in [1.54, 1.807) is 25.3 Å². The summed E-state index contributed by atoms with van der Waals surface area (Å²) in [5, 5.41) is 2.77. The highest BCUT2D eigenvalue weighted by Gasteiger charge is 2.10. The first-order chi connectivity index (χ1) is 9.04. The van der Waals surface area contributed by atoms with Crippen molar-refractivity contribution < 1.29 is 14.3 Å². The quantitative estimate of drug-likeness (QED) is 0.581. The first-order valence-corrected chi connectivity index (χ1v) is 6.34. The summed E-state index contributed by atoms with van der Waals surface area (Å²) < 4.78 is 10.5. The highest BCUT2D eigenvalue weighted by molar-refractivity contribution is 5.99. The van der Waals surface area contributed by atoms with Gasteiger partial charge in [-0.15, -0.1) is 0 Å². The van der Waals surface area contributed by atoms with Crippen LogP contribution in [0.5, 0.6) is 5.75 Å². The van der Waals surface area contributed by atoms with Crippen LogP contribution in [0.4, 0.5) is 5.69 Å². The number of carbonyl (C=O) groups excluding carboxylic acids is 1. The van der Waals surface area contributed by atoms with Crippen molar-refractivity contribution in [1.29, 1.82) is 0 Å². The van der Waals surface area contributed by atoms with Gasteiger partial charge in [-0.25, -0.2) is 0 Å². The van der Waals surface area contributed by atoms with Crippen LogP contribution in [-0.2, 0) is 4.74 Å². The Bertz CT molecular complexity index is 419. The Balaban J connectivity index is 2.45. The van der Waals surface area contributed by atoms with E-state index >= 15 is 0 Å². The number of ether oxygens (including phenoxy) is 2. The lowest BCUT2D eigenvalue weighted by molar-refractivity contribution is 0.0887. The van der Waals surface area contributed by atoms with E-state index in [0.717, 1.165) is 0 Å². The molecule has 0 bridgehead atoms. The van der Waals surface area contributed by atoms with Gasteiger partial charge in [-0.05, 0) is 24.1 Å². The Morgan fingerprint density at radius 3 is 2.79 bits per heavy atom. The molecule has 0 spiro atoms. The molecule has 0 aromatic heterocycles. The molecule has 1 amide bonds. The van der Waals surface area contributed by atoms with Gasteiger partial charge in [0.05, 0.1) is 19.3 Å². The predicted octanol–water partition coefficient (Wildman–Crippen LogP) is 1.68. The van der Waals surface area contributed by atoms with Gasteiger partial charge in [0.1, 0.15) is 5.75 Å². The Morgan fingerprint density at radius 1 is 1.42 bits per heavy atom. The summed E-state index contributed by atoms with van der Waals surface area (Å²) in [6.07, 6.45) is 0. The molecule has 0 heterocycles. The highest BCUT2D eigenvalue weighted by Crippen LogP contribution is 2.19. The van der Waals surface area contributed by atoms with Crippen LogP contribution in [0.3, 0.4) is 0 Å². The number of rotatable bonds is 7. The van der Waals surface area contributed by atoms with Crippen LogP contribution in [0, 0.1) is 5.92 Å². The van der Waals surface area contributed by atoms with E-state index in [1.807, 2.05) is 0 Å². The van der Waals surface area contributed by atoms with Crippen LogP contribution in [0.1, 0.15) is 24.2 Å². The van der Waals surface area contributed by atoms with E-state index in [-0.39, 0.29) is 5.91 Å². The molecule has 0 radical (unpaired) electrons. The number of amides is 1. The first-order valence-electron chi connectivity index (χ1n) is 6.34. The fourth-order valence-corrected chi connectivity index (χ4v) is 1.51. The monoisotopic (exact) mass is 266 g/mol. The molecule has 5 heteroatoms. The summed E-state index contributed by atoms with van der Waals surface area (Å²) in [5.74, 6) is 0.879. The van der Waals surface area contributed by atoms with Gasteiger partial charge < -0.3 is 20.5 Å². The van der Waals surface area contributed by atoms with E-state index < -0.39 is 0 Å². The van der Waals surface area contributed by atoms with E-state index in [1.165, 1.54) is 0 Å². The van der Waals surface area contributed by atoms with Gasteiger partial charge in [0, 0.05) is 18.8 Å². The zero-order valence-electron chi connectivity index (χ0n) is 11.7. The molecule has 0 unspecified atom stereocenters. The van der Waals surface area contributed by atoms with E-state index in [2.05, 4.69) is 19.2 Å². The molecule has 5 nitrogen and oxygen atoms in total. The smallest absolute Gasteiger partial charge is 0.253 e. The fraction of sp³-hybridized carbons (Fsp3) is 0.500. The lowest BCUT2D eigenvalue weighted by Crippen LogP contribution is -2.28. The summed E-state index contributed by atoms with van der Waals surface area (Å²) in [6, 6.07) is 5.00. The van der Waals surface area contributed by atoms with E-state index in [4.69, 9.17) is 15.2 Å². The highest BCUT2D eigenvalue weighted by atomic mass is 16.5. The molecule has 1 aromatic carbocycles. The Morgan fingerprint density at radius 2 is 2.16 bits per heavy atom. The molecule has 106 valence electrons. The number of hydrogen-bond donors (Lipinski definition) is 2. The lowest BCUT2D eigenvalue weighted by atomic mass is 10.1. The van der Waals surface area contributed by atoms with Crippen molar-refractivity contribution in [3.8, 4) is 5.75 Å². The third kappa shape index (κ3) is 5.18. The van der Waals surface area contributed by atoms with E-state index in [0.29, 0.717) is 42.7 Å². The van der Waals surface area contributed by atoms with Crippen LogP contribution < -0.4 is 15.8 Å². The zero-order chi connectivity index (χ0) is 14.3. The van der Waals surface area contributed by atoms with Gasteiger partial charge >= 0.3 is 0 Å². The molecule has 0 aliphatic heterocycles. The number of nitrogens with one attached hydrogen (secondary N) is 1. The maximum Gasteiger partial charge on any atom is 0.253 e. The Labute approximate surface area is 114 Å². The van der Waals surface area contributed by atoms with Gasteiger partial charge in [-0.1, -0.05) is 13.8 Å². The summed E-state index contributed by atoms with van der Waals surface area (Å²) in [7, 11) is 1.55. The van der Waals surface area contributed by atoms with Crippen molar-refractivity contribution in [3.05, 3.63) is 23.8 Å². The van der Waals surface area contributed by atoms with Crippen molar-refractivity contribution in [1.82, 2.24) is 5.32 Å². The number of nitrogens with two attached hydrogens (primary N) is 1. The van der Waals surface area contributed by atoms with Crippen molar-refractivity contribution in [2.45, 2.75) is 13.8 Å². The van der Waals surface area contributed by atoms with Gasteiger partial charge in [0.15, 0.2) is 0 Å². The first kappa shape index (κ1) is 15.3. The minimum atomic E-state index is -0.218. The second kappa shape index (κ2) is 7.63. The number of benzene rings is 1. The number of nitrogen functional groups attached to an aromatic ring is 1. The molecule has 1 rings (SSSR count). The lowest BCUT2D eigenvalue weighted by Gasteiger charge is -2.10. The van der Waals surface area contributed by atoms with Crippen LogP contribution in [0.25, 0.3) is 0 Å². The van der Waals surface area contributed by atoms with Gasteiger partial charge in [0.2, 0.25) is 0 Å². The van der Waals surface area contributed by atoms with Gasteiger partial charge in [-0.3, -0.25) is 4.79 Å². The Kier molecular flexibility index (Phi) is 6.15. The third-order valence-electron chi connectivity index (χ3n) is 2.49. The van der Waals surface area contributed by atoms with Crippen molar-refractivity contribution in [2.24, 2.45) is 5.92 Å². The van der Waals surface area contributed by atoms with Crippen molar-refractivity contribution >= 4 is 11.6 Å². The van der Waals surface area contributed by atoms with Crippen LogP contribution in [0.15, 0.2) is 18.2 Å². The van der Waals surface area contributed by atoms with Crippen molar-refractivity contribution in [3.63, 3.8) is 0 Å². The SMILES string of the molecule is COc1ccc(N)c(C(=O)NCCOCC(C)C)c1. The number of carbonyl (C=O) groups is 1. The van der Waals surface area contributed by atoms with Gasteiger partial charge in [-0.2, -0.15) is 0 Å². The number of hydrogen-bond acceptors (Lipinski definition) is 4. The molecular weight excluding hydrogens is 244 g/mol. The Hall–Kier alpha value is -1.75. The summed E-state index contributed by atoms with van der Waals surface area (Å²) in [5.41, 5.74) is 6.62. The number of methoxy groups -OCH3 is 1. The average Bonchev–Trinajstić information content (AvgIpc) is 2.38. The maximum absolute atomic E-state index is 11.9. The van der Waals surface area contributed by atoms with Crippen molar-refractivity contribution in [2.75, 3.05) is 32.6 Å². The predicted molar refractivity (Wildman–Crippen MR) is 75.4 cm³/mol. The largest absolute Gasteiger partial charge is 0.497 e. The van der Waals surface area contributed by atoms with Crippen LogP contribution in [0.2, 0.25) is 0 Å². The van der Waals surface area contributed by atoms with Gasteiger partial charge in [0.25, 0.3) is 5.91 Å². The fourth-order valence-electron chi connectivity index (χ4n) is 1.51. The minimum Gasteiger partial charge on any atom is -0.497 e. The molecule has 0 saturated carbocycles. The van der Waals surface area contributed by atoms with Crippen LogP contribution in [-0.4, -0.2) is 32.8 Å². The third-order valence-corrected chi connectivity index (χ3v) is 2.49. The maximum atomic E-state index is 11.9. The van der Waals surface area contributed by atoms with Crippen LogP contribution >= 0.6 is 0 Å². The molecule has 19 heavy (non-hydrogen) atoms. The molecule has 3 N–H and O–H groups in total.